The fraction of sp³-hybridized carbons (Fsp3) is 0.400. The van der Waals surface area contributed by atoms with Gasteiger partial charge in [-0.15, -0.1) is 0 Å². The molecule has 0 aromatic carbocycles. The lowest BCUT2D eigenvalue weighted by atomic mass is 10.0. The van der Waals surface area contributed by atoms with Gasteiger partial charge in [0.05, 0.1) is 25.2 Å². The van der Waals surface area contributed by atoms with E-state index in [1.807, 2.05) is 6.07 Å². The molecule has 0 atom stereocenters. The van der Waals surface area contributed by atoms with Crippen molar-refractivity contribution in [3.05, 3.63) is 22.9 Å². The van der Waals surface area contributed by atoms with Crippen molar-refractivity contribution in [2.24, 2.45) is 5.73 Å². The predicted octanol–water partition coefficient (Wildman–Crippen LogP) is 1.55. The molecule has 0 aliphatic rings. The average Bonchev–Trinajstić information content (AvgIpc) is 2.28. The van der Waals surface area contributed by atoms with E-state index in [-0.39, 0.29) is 30.0 Å². The van der Waals surface area contributed by atoms with Gasteiger partial charge in [-0.3, -0.25) is 0 Å². The lowest BCUT2D eigenvalue weighted by Gasteiger charge is -2.13. The van der Waals surface area contributed by atoms with Gasteiger partial charge in [-0.2, -0.15) is 5.26 Å². The van der Waals surface area contributed by atoms with Gasteiger partial charge >= 0.3 is 0 Å². The van der Waals surface area contributed by atoms with Crippen molar-refractivity contribution < 1.29 is 13.5 Å². The van der Waals surface area contributed by atoms with Crippen molar-refractivity contribution in [3.63, 3.8) is 0 Å². The first-order valence-electron chi connectivity index (χ1n) is 4.55. The molecule has 0 bridgehead atoms. The highest BCUT2D eigenvalue weighted by atomic mass is 19.3. The van der Waals surface area contributed by atoms with Crippen molar-refractivity contribution in [1.82, 2.24) is 4.98 Å². The first kappa shape index (κ1) is 12.3. The van der Waals surface area contributed by atoms with Crippen LogP contribution in [0.2, 0.25) is 0 Å². The Morgan fingerprint density at radius 1 is 1.62 bits per heavy atom. The summed E-state index contributed by atoms with van der Waals surface area (Å²) in [6.07, 6.45) is -1.51. The van der Waals surface area contributed by atoms with Gasteiger partial charge in [0.25, 0.3) is 6.43 Å². The molecular weight excluding hydrogens is 216 g/mol. The monoisotopic (exact) mass is 227 g/mol. The first-order chi connectivity index (χ1) is 7.65. The summed E-state index contributed by atoms with van der Waals surface area (Å²) in [4.78, 5) is 3.74. The summed E-state index contributed by atoms with van der Waals surface area (Å²) in [6, 6.07) is 1.83. The van der Waals surface area contributed by atoms with E-state index >= 15 is 0 Å². The number of hydrogen-bond donors (Lipinski definition) is 1. The van der Waals surface area contributed by atoms with Crippen LogP contribution in [0.4, 0.5) is 8.78 Å². The minimum Gasteiger partial charge on any atom is -0.481 e. The number of alkyl halides is 2. The number of hydrogen-bond acceptors (Lipinski definition) is 4. The van der Waals surface area contributed by atoms with Crippen LogP contribution in [0, 0.1) is 11.3 Å². The molecule has 2 N–H and O–H groups in total. The molecule has 16 heavy (non-hydrogen) atoms. The van der Waals surface area contributed by atoms with Gasteiger partial charge in [0.15, 0.2) is 0 Å². The summed E-state index contributed by atoms with van der Waals surface area (Å²) in [7, 11) is 1.26. The standard InChI is InChI=1S/C10H11F2N3O/c1-16-10-8(9(11)12)7(2-3-13)6(4-14)5-15-10/h5,9H,2,4,14H2,1H3. The van der Waals surface area contributed by atoms with Crippen molar-refractivity contribution in [2.75, 3.05) is 7.11 Å². The lowest BCUT2D eigenvalue weighted by Crippen LogP contribution is -2.08. The molecule has 6 heteroatoms. The van der Waals surface area contributed by atoms with E-state index in [4.69, 9.17) is 15.7 Å². The molecule has 1 aromatic heterocycles. The fourth-order valence-electron chi connectivity index (χ4n) is 1.44. The zero-order chi connectivity index (χ0) is 12.1. The van der Waals surface area contributed by atoms with Crippen LogP contribution in [0.3, 0.4) is 0 Å². The second kappa shape index (κ2) is 5.37. The van der Waals surface area contributed by atoms with E-state index in [1.54, 1.807) is 0 Å². The summed E-state index contributed by atoms with van der Waals surface area (Å²) >= 11 is 0. The maximum Gasteiger partial charge on any atom is 0.269 e. The Balaban J connectivity index is 3.41. The van der Waals surface area contributed by atoms with Crippen LogP contribution in [0.1, 0.15) is 23.1 Å². The zero-order valence-corrected chi connectivity index (χ0v) is 8.70. The summed E-state index contributed by atoms with van der Waals surface area (Å²) in [5, 5.41) is 8.61. The van der Waals surface area contributed by atoms with Gasteiger partial charge in [-0.1, -0.05) is 0 Å². The van der Waals surface area contributed by atoms with E-state index in [1.165, 1.54) is 13.3 Å². The van der Waals surface area contributed by atoms with Crippen LogP contribution in [-0.2, 0) is 13.0 Å². The molecule has 4 nitrogen and oxygen atoms in total. The molecule has 1 aromatic rings. The van der Waals surface area contributed by atoms with Crippen LogP contribution >= 0.6 is 0 Å². The van der Waals surface area contributed by atoms with Crippen LogP contribution in [0.15, 0.2) is 6.20 Å². The quantitative estimate of drug-likeness (QED) is 0.847. The predicted molar refractivity (Wildman–Crippen MR) is 53.0 cm³/mol. The molecule has 1 rings (SSSR count). The third kappa shape index (κ3) is 2.25. The molecule has 0 aliphatic carbocycles. The maximum atomic E-state index is 12.8. The van der Waals surface area contributed by atoms with Crippen molar-refractivity contribution >= 4 is 0 Å². The van der Waals surface area contributed by atoms with Crippen LogP contribution in [0.5, 0.6) is 5.88 Å². The van der Waals surface area contributed by atoms with Crippen molar-refractivity contribution in [1.29, 1.82) is 5.26 Å². The number of rotatable bonds is 4. The summed E-state index contributed by atoms with van der Waals surface area (Å²) in [6.45, 7) is 0.0632. The van der Waals surface area contributed by atoms with Crippen molar-refractivity contribution in [3.8, 4) is 11.9 Å². The second-order valence-electron chi connectivity index (χ2n) is 3.02. The van der Waals surface area contributed by atoms with Gasteiger partial charge in [0.2, 0.25) is 5.88 Å². The lowest BCUT2D eigenvalue weighted by molar-refractivity contribution is 0.145. The van der Waals surface area contributed by atoms with Gasteiger partial charge in [0.1, 0.15) is 0 Å². The maximum absolute atomic E-state index is 12.8. The van der Waals surface area contributed by atoms with Crippen LogP contribution < -0.4 is 10.5 Å². The Labute approximate surface area is 91.7 Å². The van der Waals surface area contributed by atoms with Crippen LogP contribution in [0.25, 0.3) is 0 Å². The highest BCUT2D eigenvalue weighted by Crippen LogP contribution is 2.32. The zero-order valence-electron chi connectivity index (χ0n) is 8.70. The summed E-state index contributed by atoms with van der Waals surface area (Å²) in [5.41, 5.74) is 5.72. The smallest absolute Gasteiger partial charge is 0.269 e. The fourth-order valence-corrected chi connectivity index (χ4v) is 1.44. The van der Waals surface area contributed by atoms with E-state index in [9.17, 15) is 8.78 Å². The molecule has 1 heterocycles. The first-order valence-corrected chi connectivity index (χ1v) is 4.55. The van der Waals surface area contributed by atoms with E-state index in [0.717, 1.165) is 0 Å². The highest BCUT2D eigenvalue weighted by molar-refractivity contribution is 5.42. The van der Waals surface area contributed by atoms with E-state index < -0.39 is 6.43 Å². The topological polar surface area (TPSA) is 71.9 Å². The molecule has 0 saturated carbocycles. The third-order valence-electron chi connectivity index (χ3n) is 2.17. The van der Waals surface area contributed by atoms with Gasteiger partial charge in [0, 0.05) is 12.7 Å². The molecule has 0 fully saturated rings. The molecule has 0 aliphatic heterocycles. The van der Waals surface area contributed by atoms with E-state index in [0.29, 0.717) is 5.56 Å². The van der Waals surface area contributed by atoms with Gasteiger partial charge in [-0.25, -0.2) is 13.8 Å². The largest absolute Gasteiger partial charge is 0.481 e. The van der Waals surface area contributed by atoms with Gasteiger partial charge in [-0.05, 0) is 11.1 Å². The third-order valence-corrected chi connectivity index (χ3v) is 2.17. The van der Waals surface area contributed by atoms with Crippen LogP contribution in [-0.4, -0.2) is 12.1 Å². The summed E-state index contributed by atoms with van der Waals surface area (Å²) < 4.78 is 30.4. The Morgan fingerprint density at radius 3 is 2.75 bits per heavy atom. The molecule has 0 radical (unpaired) electrons. The molecule has 0 amide bonds. The molecule has 0 unspecified atom stereocenters. The normalized spacial score (nSPS) is 10.2. The SMILES string of the molecule is COc1ncc(CN)c(CC#N)c1C(F)F. The average molecular weight is 227 g/mol. The summed E-state index contributed by atoms with van der Waals surface area (Å²) in [5.74, 6) is -0.155. The van der Waals surface area contributed by atoms with E-state index in [2.05, 4.69) is 4.98 Å². The Bertz CT molecular complexity index is 415. The van der Waals surface area contributed by atoms with Crippen molar-refractivity contribution in [2.45, 2.75) is 19.4 Å². The Kier molecular flexibility index (Phi) is 4.14. The number of nitriles is 1. The minimum absolute atomic E-state index is 0.0632. The Morgan fingerprint density at radius 2 is 2.31 bits per heavy atom. The number of ether oxygens (including phenoxy) is 1. The molecular formula is C10H11F2N3O. The number of halogens is 2. The second-order valence-corrected chi connectivity index (χ2v) is 3.02. The highest BCUT2D eigenvalue weighted by Gasteiger charge is 2.22. The number of aromatic nitrogens is 1. The number of pyridine rings is 1. The molecule has 0 saturated heterocycles. The minimum atomic E-state index is -2.74. The molecule has 86 valence electrons. The Hall–Kier alpha value is -1.74. The number of nitrogens with two attached hydrogens (primary N) is 1. The molecule has 0 spiro atoms. The number of nitrogens with zero attached hydrogens (tertiary/aromatic N) is 2. The van der Waals surface area contributed by atoms with Gasteiger partial charge < -0.3 is 10.5 Å². The number of methoxy groups -OCH3 is 1.